The van der Waals surface area contributed by atoms with Crippen molar-refractivity contribution in [1.82, 2.24) is 0 Å². The van der Waals surface area contributed by atoms with E-state index in [0.717, 1.165) is 7.11 Å². The lowest BCUT2D eigenvalue weighted by Gasteiger charge is -2.19. The molecule has 0 aliphatic heterocycles. The molecule has 0 aromatic rings. The third-order valence-electron chi connectivity index (χ3n) is 1.83. The van der Waals surface area contributed by atoms with Gasteiger partial charge in [0.2, 0.25) is 0 Å². The van der Waals surface area contributed by atoms with E-state index in [2.05, 4.69) is 9.78 Å². The van der Waals surface area contributed by atoms with Gasteiger partial charge in [0.1, 0.15) is 0 Å². The van der Waals surface area contributed by atoms with E-state index in [-0.39, 0.29) is 6.42 Å². The maximum Gasteiger partial charge on any atom is 0.359 e. The Balaban J connectivity index is 4.57. The summed E-state index contributed by atoms with van der Waals surface area (Å²) in [6.07, 6.45) is 0.812. The quantitative estimate of drug-likeness (QED) is 0.397. The van der Waals surface area contributed by atoms with Gasteiger partial charge in [-0.25, -0.2) is 4.79 Å². The van der Waals surface area contributed by atoms with E-state index in [1.807, 2.05) is 0 Å². The Bertz CT molecular complexity index is 201. The first-order valence-corrected chi connectivity index (χ1v) is 3.97. The van der Waals surface area contributed by atoms with Crippen LogP contribution >= 0.6 is 0 Å². The number of hydrogen-bond acceptors (Lipinski definition) is 4. The number of carboxylic acids is 1. The van der Waals surface area contributed by atoms with Crippen molar-refractivity contribution < 1.29 is 24.5 Å². The van der Waals surface area contributed by atoms with Crippen LogP contribution in [0.2, 0.25) is 0 Å². The molecule has 1 N–H and O–H groups in total. The van der Waals surface area contributed by atoms with Crippen LogP contribution in [0.1, 0.15) is 26.7 Å². The smallest absolute Gasteiger partial charge is 0.359 e. The van der Waals surface area contributed by atoms with Crippen LogP contribution in [0.25, 0.3) is 0 Å². The molecule has 0 saturated carbocycles. The fraction of sp³-hybridized carbons (Fsp3) is 0.750. The average molecular weight is 190 g/mol. The number of carboxylic acid groups (broad SMARTS) is 1. The molecule has 13 heavy (non-hydrogen) atoms. The highest BCUT2D eigenvalue weighted by Gasteiger charge is 2.42. The molecular weight excluding hydrogens is 176 g/mol. The minimum Gasteiger partial charge on any atom is -0.480 e. The fourth-order valence-electron chi connectivity index (χ4n) is 0.964. The van der Waals surface area contributed by atoms with Crippen molar-refractivity contribution in [2.24, 2.45) is 5.41 Å². The lowest BCUT2D eigenvalue weighted by atomic mass is 9.86. The Morgan fingerprint density at radius 2 is 2.00 bits per heavy atom. The SMILES string of the molecule is CCCC(C)(C(=O)O)C(=O)OOC. The minimum atomic E-state index is -1.51. The van der Waals surface area contributed by atoms with E-state index >= 15 is 0 Å². The summed E-state index contributed by atoms with van der Waals surface area (Å²) in [5.41, 5.74) is -1.51. The molecule has 0 aliphatic carbocycles. The topological polar surface area (TPSA) is 72.8 Å². The van der Waals surface area contributed by atoms with Crippen molar-refractivity contribution in [2.45, 2.75) is 26.7 Å². The average Bonchev–Trinajstić information content (AvgIpc) is 2.04. The van der Waals surface area contributed by atoms with E-state index < -0.39 is 17.4 Å². The van der Waals surface area contributed by atoms with Crippen LogP contribution < -0.4 is 0 Å². The van der Waals surface area contributed by atoms with Gasteiger partial charge in [-0.2, -0.15) is 4.89 Å². The number of hydrogen-bond donors (Lipinski definition) is 1. The van der Waals surface area contributed by atoms with Crippen molar-refractivity contribution in [3.8, 4) is 0 Å². The molecule has 0 aromatic heterocycles. The molecule has 0 radical (unpaired) electrons. The van der Waals surface area contributed by atoms with Gasteiger partial charge in [0, 0.05) is 0 Å². The molecular formula is C8H14O5. The number of rotatable bonds is 5. The molecule has 1 unspecified atom stereocenters. The fourth-order valence-corrected chi connectivity index (χ4v) is 0.964. The van der Waals surface area contributed by atoms with E-state index in [1.54, 1.807) is 6.92 Å². The molecule has 76 valence electrons. The second kappa shape index (κ2) is 4.81. The monoisotopic (exact) mass is 190 g/mol. The van der Waals surface area contributed by atoms with Gasteiger partial charge >= 0.3 is 11.9 Å². The van der Waals surface area contributed by atoms with Gasteiger partial charge in [-0.15, -0.1) is 0 Å². The van der Waals surface area contributed by atoms with E-state index in [9.17, 15) is 9.59 Å². The summed E-state index contributed by atoms with van der Waals surface area (Å²) < 4.78 is 0. The van der Waals surface area contributed by atoms with Crippen molar-refractivity contribution >= 4 is 11.9 Å². The van der Waals surface area contributed by atoms with Gasteiger partial charge in [0.25, 0.3) is 0 Å². The molecule has 0 heterocycles. The predicted molar refractivity (Wildman–Crippen MR) is 43.8 cm³/mol. The second-order valence-electron chi connectivity index (χ2n) is 2.92. The largest absolute Gasteiger partial charge is 0.480 e. The number of carbonyl (C=O) groups excluding carboxylic acids is 1. The first-order chi connectivity index (χ1) is 5.99. The normalized spacial score (nSPS) is 14.7. The standard InChI is InChI=1S/C8H14O5/c1-4-5-8(2,6(9)10)7(11)13-12-3/h4-5H2,1-3H3,(H,9,10). The molecule has 5 heteroatoms. The summed E-state index contributed by atoms with van der Waals surface area (Å²) in [7, 11) is 1.16. The molecule has 0 bridgehead atoms. The molecule has 0 fully saturated rings. The summed E-state index contributed by atoms with van der Waals surface area (Å²) in [5.74, 6) is -2.07. The first-order valence-electron chi connectivity index (χ1n) is 3.97. The molecule has 0 amide bonds. The Morgan fingerprint density at radius 3 is 2.31 bits per heavy atom. The maximum absolute atomic E-state index is 11.2. The van der Waals surface area contributed by atoms with Gasteiger partial charge in [0.05, 0.1) is 7.11 Å². The molecule has 1 atom stereocenters. The molecule has 0 spiro atoms. The number of carbonyl (C=O) groups is 2. The van der Waals surface area contributed by atoms with Gasteiger partial charge in [-0.05, 0) is 13.3 Å². The molecule has 0 saturated heterocycles. The summed E-state index contributed by atoms with van der Waals surface area (Å²) in [6, 6.07) is 0. The first kappa shape index (κ1) is 11.9. The van der Waals surface area contributed by atoms with E-state index in [4.69, 9.17) is 5.11 Å². The second-order valence-corrected chi connectivity index (χ2v) is 2.92. The van der Waals surface area contributed by atoms with Gasteiger partial charge in [0.15, 0.2) is 5.41 Å². The molecule has 5 nitrogen and oxygen atoms in total. The van der Waals surface area contributed by atoms with Crippen molar-refractivity contribution in [3.05, 3.63) is 0 Å². The maximum atomic E-state index is 11.2. The lowest BCUT2D eigenvalue weighted by Crippen LogP contribution is -2.37. The van der Waals surface area contributed by atoms with Crippen molar-refractivity contribution in [3.63, 3.8) is 0 Å². The van der Waals surface area contributed by atoms with Crippen molar-refractivity contribution in [2.75, 3.05) is 7.11 Å². The Morgan fingerprint density at radius 1 is 1.46 bits per heavy atom. The van der Waals surface area contributed by atoms with Crippen LogP contribution in [0.4, 0.5) is 0 Å². The van der Waals surface area contributed by atoms with Crippen LogP contribution in [0, 0.1) is 5.41 Å². The Hall–Kier alpha value is -1.10. The highest BCUT2D eigenvalue weighted by Crippen LogP contribution is 2.25. The summed E-state index contributed by atoms with van der Waals surface area (Å²) in [5, 5.41) is 8.80. The van der Waals surface area contributed by atoms with Crippen LogP contribution in [0.5, 0.6) is 0 Å². The van der Waals surface area contributed by atoms with Crippen molar-refractivity contribution in [1.29, 1.82) is 0 Å². The summed E-state index contributed by atoms with van der Waals surface area (Å²) in [6.45, 7) is 3.11. The third-order valence-corrected chi connectivity index (χ3v) is 1.83. The summed E-state index contributed by atoms with van der Waals surface area (Å²) >= 11 is 0. The van der Waals surface area contributed by atoms with Crippen LogP contribution in [-0.2, 0) is 19.4 Å². The van der Waals surface area contributed by atoms with E-state index in [0.29, 0.717) is 6.42 Å². The lowest BCUT2D eigenvalue weighted by molar-refractivity contribution is -0.264. The zero-order valence-corrected chi connectivity index (χ0v) is 7.99. The van der Waals surface area contributed by atoms with Crippen LogP contribution in [0.15, 0.2) is 0 Å². The highest BCUT2D eigenvalue weighted by molar-refractivity contribution is 5.98. The van der Waals surface area contributed by atoms with Gasteiger partial charge < -0.3 is 5.11 Å². The molecule has 0 aliphatic rings. The Kier molecular flexibility index (Phi) is 4.40. The highest BCUT2D eigenvalue weighted by atomic mass is 17.2. The minimum absolute atomic E-state index is 0.227. The van der Waals surface area contributed by atoms with Gasteiger partial charge in [-0.1, -0.05) is 13.3 Å². The van der Waals surface area contributed by atoms with E-state index in [1.165, 1.54) is 6.92 Å². The predicted octanol–water partition coefficient (Wildman–Crippen LogP) is 0.982. The number of aliphatic carboxylic acids is 1. The van der Waals surface area contributed by atoms with Gasteiger partial charge in [-0.3, -0.25) is 9.68 Å². The van der Waals surface area contributed by atoms with Crippen LogP contribution in [0.3, 0.4) is 0 Å². The summed E-state index contributed by atoms with van der Waals surface area (Å²) in [4.78, 5) is 30.3. The Labute approximate surface area is 76.6 Å². The van der Waals surface area contributed by atoms with Crippen LogP contribution in [-0.4, -0.2) is 24.2 Å². The zero-order valence-electron chi connectivity index (χ0n) is 7.99. The zero-order chi connectivity index (χ0) is 10.5. The third kappa shape index (κ3) is 2.69. The molecule has 0 aromatic carbocycles. The molecule has 0 rings (SSSR count).